The molecule has 0 atom stereocenters. The summed E-state index contributed by atoms with van der Waals surface area (Å²) < 4.78 is 1.85. The van der Waals surface area contributed by atoms with Gasteiger partial charge in [0.05, 0.1) is 11.4 Å². The van der Waals surface area contributed by atoms with Gasteiger partial charge in [0.15, 0.2) is 0 Å². The lowest BCUT2D eigenvalue weighted by molar-refractivity contribution is 0.414. The summed E-state index contributed by atoms with van der Waals surface area (Å²) in [5.41, 5.74) is 22.3. The first-order valence-corrected chi connectivity index (χ1v) is 26.3. The van der Waals surface area contributed by atoms with E-state index in [2.05, 4.69) is 193 Å². The van der Waals surface area contributed by atoms with E-state index in [1.807, 2.05) is 12.1 Å². The molecule has 0 fully saturated rings. The Morgan fingerprint density at radius 3 is 1.03 bits per heavy atom. The molecule has 0 bridgehead atoms. The lowest BCUT2D eigenvalue weighted by Gasteiger charge is -2.33. The van der Waals surface area contributed by atoms with Crippen LogP contribution in [0, 0.1) is 0 Å². The fourth-order valence-electron chi connectivity index (χ4n) is 11.6. The monoisotopic (exact) mass is 990 g/mol. The van der Waals surface area contributed by atoms with Crippen LogP contribution >= 0.6 is 31.9 Å². The maximum Gasteiger partial charge on any atom is 0.105 e. The van der Waals surface area contributed by atoms with Crippen LogP contribution in [0.25, 0.3) is 78.1 Å². The molecule has 0 amide bonds. The summed E-state index contributed by atoms with van der Waals surface area (Å²) in [7, 11) is 0. The second-order valence-corrected chi connectivity index (χ2v) is 20.7. The summed E-state index contributed by atoms with van der Waals surface area (Å²) in [6, 6.07) is 55.0. The Kier molecular flexibility index (Phi) is 12.8. The van der Waals surface area contributed by atoms with Gasteiger partial charge in [0.25, 0.3) is 0 Å². The zero-order valence-corrected chi connectivity index (χ0v) is 42.2. The first kappa shape index (κ1) is 44.7. The largest absolute Gasteiger partial charge is 0.243 e. The first-order valence-electron chi connectivity index (χ1n) is 24.7. The fourth-order valence-corrected chi connectivity index (χ4v) is 12.4. The smallest absolute Gasteiger partial charge is 0.105 e. The molecule has 0 spiro atoms. The molecule has 0 N–H and O–H groups in total. The molecular weight excluding hydrogens is 933 g/mol. The number of hydrogen-bond acceptors (Lipinski definition) is 2. The summed E-state index contributed by atoms with van der Waals surface area (Å²) in [5, 5.41) is 0. The predicted molar refractivity (Wildman–Crippen MR) is 287 cm³/mol. The minimum absolute atomic E-state index is 0.0565. The Morgan fingerprint density at radius 2 is 0.667 bits per heavy atom. The van der Waals surface area contributed by atoms with Crippen molar-refractivity contribution in [3.05, 3.63) is 177 Å². The summed E-state index contributed by atoms with van der Waals surface area (Å²) >= 11 is 7.63. The van der Waals surface area contributed by atoms with Crippen LogP contribution in [0.5, 0.6) is 0 Å². The molecule has 0 aliphatic heterocycles. The highest BCUT2D eigenvalue weighted by Crippen LogP contribution is 2.56. The number of nitrogens with zero attached hydrogens (tertiary/aromatic N) is 2. The van der Waals surface area contributed by atoms with E-state index in [1.165, 1.54) is 144 Å². The average molecular weight is 993 g/mol. The van der Waals surface area contributed by atoms with Gasteiger partial charge >= 0.3 is 0 Å². The Labute approximate surface area is 409 Å². The van der Waals surface area contributed by atoms with Gasteiger partial charge in [0.2, 0.25) is 0 Å². The zero-order valence-electron chi connectivity index (χ0n) is 39.0. The van der Waals surface area contributed by atoms with Crippen LogP contribution in [-0.4, -0.2) is 9.97 Å². The normalized spacial score (nSPS) is 14.0. The Bertz CT molecular complexity index is 2830. The van der Waals surface area contributed by atoms with Crippen LogP contribution in [0.2, 0.25) is 0 Å². The molecule has 0 saturated heterocycles. The maximum absolute atomic E-state index is 5.40. The summed E-state index contributed by atoms with van der Waals surface area (Å²) in [6.07, 6.45) is 14.5. The molecule has 10 rings (SSSR count). The molecule has 66 heavy (non-hydrogen) atoms. The van der Waals surface area contributed by atoms with Crippen molar-refractivity contribution < 1.29 is 0 Å². The van der Waals surface area contributed by atoms with Crippen molar-refractivity contribution in [1.82, 2.24) is 9.97 Å². The molecule has 1 heterocycles. The number of aromatic nitrogens is 2. The van der Waals surface area contributed by atoms with Crippen LogP contribution in [0.4, 0.5) is 0 Å². The molecule has 2 aliphatic rings. The molecule has 0 radical (unpaired) electrons. The molecule has 0 saturated carbocycles. The highest BCUT2D eigenvalue weighted by Gasteiger charge is 2.43. The number of unbranched alkanes of at least 4 members (excludes halogenated alkanes) is 4. The quantitative estimate of drug-likeness (QED) is 0.0964. The topological polar surface area (TPSA) is 25.8 Å². The van der Waals surface area contributed by atoms with Gasteiger partial charge in [0.1, 0.15) is 11.0 Å². The van der Waals surface area contributed by atoms with E-state index in [1.54, 1.807) is 0 Å². The van der Waals surface area contributed by atoms with E-state index in [-0.39, 0.29) is 10.8 Å². The molecule has 0 unspecified atom stereocenters. The number of halogens is 2. The van der Waals surface area contributed by atoms with E-state index < -0.39 is 0 Å². The van der Waals surface area contributed by atoms with Crippen LogP contribution in [0.1, 0.15) is 127 Å². The Hall–Kier alpha value is -5.16. The third-order valence-corrected chi connectivity index (χ3v) is 16.4. The Balaban J connectivity index is 1.02. The number of fused-ring (bicyclic) bond motifs is 7. The standard InChI is InChI=1S/C62H60Br2N2/c1-5-9-35-61(36-10-6-2)51-19-15-13-17-47(51)49-31-29-45(39-53(49)61)41-21-25-43(26-22-41)57-58(66-60-56(64)34-33-55(63)59(60)65-57)44-27-23-42(24-28-44)46-30-32-50-48-18-14-16-20-52(48)62(37-11-7-3,38-12-8-4)54(50)40-46/h13-34,39-40H,5-12,35-38H2,1-4H3. The van der Waals surface area contributed by atoms with E-state index in [4.69, 9.17) is 9.97 Å². The highest BCUT2D eigenvalue weighted by molar-refractivity contribution is 9.11. The van der Waals surface area contributed by atoms with Crippen molar-refractivity contribution in [2.24, 2.45) is 0 Å². The van der Waals surface area contributed by atoms with Crippen LogP contribution in [0.15, 0.2) is 155 Å². The third-order valence-electron chi connectivity index (χ3n) is 15.1. The van der Waals surface area contributed by atoms with Crippen molar-refractivity contribution in [1.29, 1.82) is 0 Å². The maximum atomic E-state index is 5.40. The second kappa shape index (κ2) is 18.8. The number of benzene rings is 7. The van der Waals surface area contributed by atoms with Gasteiger partial charge in [-0.3, -0.25) is 0 Å². The van der Waals surface area contributed by atoms with Gasteiger partial charge in [-0.05, 0) is 149 Å². The van der Waals surface area contributed by atoms with Gasteiger partial charge < -0.3 is 0 Å². The molecule has 2 nitrogen and oxygen atoms in total. The van der Waals surface area contributed by atoms with Crippen molar-refractivity contribution in [3.63, 3.8) is 0 Å². The second-order valence-electron chi connectivity index (χ2n) is 19.0. The first-order chi connectivity index (χ1) is 32.3. The average Bonchev–Trinajstić information content (AvgIpc) is 3.80. The molecule has 2 aliphatic carbocycles. The van der Waals surface area contributed by atoms with Gasteiger partial charge in [0, 0.05) is 30.9 Å². The van der Waals surface area contributed by atoms with Crippen molar-refractivity contribution in [2.75, 3.05) is 0 Å². The summed E-state index contributed by atoms with van der Waals surface area (Å²) in [4.78, 5) is 10.8. The van der Waals surface area contributed by atoms with Crippen molar-refractivity contribution >= 4 is 42.9 Å². The third kappa shape index (κ3) is 7.70. The molecule has 8 aromatic rings. The predicted octanol–water partition coefficient (Wildman–Crippen LogP) is 19.1. The zero-order chi connectivity index (χ0) is 45.4. The van der Waals surface area contributed by atoms with Gasteiger partial charge in [-0.25, -0.2) is 9.97 Å². The van der Waals surface area contributed by atoms with E-state index >= 15 is 0 Å². The van der Waals surface area contributed by atoms with Gasteiger partial charge in [-0.2, -0.15) is 0 Å². The van der Waals surface area contributed by atoms with Crippen LogP contribution in [-0.2, 0) is 10.8 Å². The highest BCUT2D eigenvalue weighted by atomic mass is 79.9. The van der Waals surface area contributed by atoms with Gasteiger partial charge in [-0.1, -0.05) is 200 Å². The van der Waals surface area contributed by atoms with Crippen molar-refractivity contribution in [3.8, 4) is 67.0 Å². The molecule has 332 valence electrons. The van der Waals surface area contributed by atoms with E-state index in [0.717, 1.165) is 42.5 Å². The van der Waals surface area contributed by atoms with Crippen LogP contribution < -0.4 is 0 Å². The van der Waals surface area contributed by atoms with Crippen LogP contribution in [0.3, 0.4) is 0 Å². The summed E-state index contributed by atoms with van der Waals surface area (Å²) in [6.45, 7) is 9.30. The van der Waals surface area contributed by atoms with E-state index in [9.17, 15) is 0 Å². The minimum atomic E-state index is 0.0565. The molecule has 4 heteroatoms. The number of rotatable bonds is 16. The fraction of sp³-hybridized carbons (Fsp3) is 0.290. The molecule has 7 aromatic carbocycles. The molecular formula is C62H60Br2N2. The van der Waals surface area contributed by atoms with Crippen molar-refractivity contribution in [2.45, 2.75) is 116 Å². The number of hydrogen-bond donors (Lipinski definition) is 0. The Morgan fingerprint density at radius 1 is 0.348 bits per heavy atom. The lowest BCUT2D eigenvalue weighted by Crippen LogP contribution is -2.25. The lowest BCUT2D eigenvalue weighted by atomic mass is 9.70. The summed E-state index contributed by atoms with van der Waals surface area (Å²) in [5.74, 6) is 0. The minimum Gasteiger partial charge on any atom is -0.243 e. The SMILES string of the molecule is CCCCC1(CCCC)c2ccccc2-c2ccc(-c3ccc(-c4nc5c(Br)ccc(Br)c5nc4-c4ccc(-c5ccc6c(c5)C(CCCC)(CCCC)c5ccccc5-6)cc4)cc3)cc21. The van der Waals surface area contributed by atoms with Gasteiger partial charge in [-0.15, -0.1) is 0 Å². The molecule has 1 aromatic heterocycles. The van der Waals surface area contributed by atoms with E-state index in [0.29, 0.717) is 0 Å².